The van der Waals surface area contributed by atoms with Gasteiger partial charge >= 0.3 is 0 Å². The molecule has 4 heteroatoms. The van der Waals surface area contributed by atoms with E-state index in [-0.39, 0.29) is 11.9 Å². The molecule has 1 aliphatic rings. The predicted molar refractivity (Wildman–Crippen MR) is 81.5 cm³/mol. The third kappa shape index (κ3) is 2.64. The first-order chi connectivity index (χ1) is 10.2. The summed E-state index contributed by atoms with van der Waals surface area (Å²) in [6.45, 7) is 0.976. The number of fused-ring (bicyclic) bond motifs is 1. The third-order valence-corrected chi connectivity index (χ3v) is 3.88. The topological polar surface area (TPSA) is 61.3 Å². The highest BCUT2D eigenvalue weighted by atomic mass is 19.1. The van der Waals surface area contributed by atoms with E-state index in [1.807, 2.05) is 24.3 Å². The lowest BCUT2D eigenvalue weighted by Gasteiger charge is -2.14. The van der Waals surface area contributed by atoms with Gasteiger partial charge in [0, 0.05) is 24.1 Å². The van der Waals surface area contributed by atoms with Crippen molar-refractivity contribution in [2.75, 3.05) is 6.54 Å². The Morgan fingerprint density at radius 1 is 1.14 bits per heavy atom. The second-order valence-corrected chi connectivity index (χ2v) is 5.32. The van der Waals surface area contributed by atoms with Crippen LogP contribution in [0, 0.1) is 5.82 Å². The molecule has 0 spiro atoms. The second-order valence-electron chi connectivity index (χ2n) is 5.32. The fourth-order valence-corrected chi connectivity index (χ4v) is 2.90. The SMILES string of the molecule is NCCC1Cc2cc(F)cc(-c3ccccc3CN)c2O1. The molecule has 1 aliphatic heterocycles. The van der Waals surface area contributed by atoms with Gasteiger partial charge < -0.3 is 16.2 Å². The molecule has 110 valence electrons. The Labute approximate surface area is 123 Å². The van der Waals surface area contributed by atoms with Crippen LogP contribution < -0.4 is 16.2 Å². The third-order valence-electron chi connectivity index (χ3n) is 3.88. The van der Waals surface area contributed by atoms with Crippen LogP contribution >= 0.6 is 0 Å². The lowest BCUT2D eigenvalue weighted by Crippen LogP contribution is -2.17. The number of benzene rings is 2. The van der Waals surface area contributed by atoms with E-state index in [0.717, 1.165) is 34.4 Å². The van der Waals surface area contributed by atoms with Gasteiger partial charge in [-0.05, 0) is 36.2 Å². The summed E-state index contributed by atoms with van der Waals surface area (Å²) in [5, 5.41) is 0. The van der Waals surface area contributed by atoms with Crippen LogP contribution in [0.15, 0.2) is 36.4 Å². The molecular weight excluding hydrogens is 267 g/mol. The Balaban J connectivity index is 2.09. The quantitative estimate of drug-likeness (QED) is 0.908. The highest BCUT2D eigenvalue weighted by molar-refractivity contribution is 5.75. The number of ether oxygens (including phenoxy) is 1. The molecule has 0 bridgehead atoms. The highest BCUT2D eigenvalue weighted by Gasteiger charge is 2.26. The van der Waals surface area contributed by atoms with Gasteiger partial charge in [0.1, 0.15) is 17.7 Å². The first-order valence-electron chi connectivity index (χ1n) is 7.20. The van der Waals surface area contributed by atoms with Gasteiger partial charge in [0.25, 0.3) is 0 Å². The van der Waals surface area contributed by atoms with Gasteiger partial charge in [-0.15, -0.1) is 0 Å². The van der Waals surface area contributed by atoms with E-state index in [9.17, 15) is 4.39 Å². The lowest BCUT2D eigenvalue weighted by molar-refractivity contribution is 0.225. The maximum atomic E-state index is 13.9. The molecule has 0 saturated heterocycles. The van der Waals surface area contributed by atoms with Crippen molar-refractivity contribution in [1.29, 1.82) is 0 Å². The minimum atomic E-state index is -0.243. The minimum absolute atomic E-state index is 0.0376. The van der Waals surface area contributed by atoms with E-state index < -0.39 is 0 Å². The van der Waals surface area contributed by atoms with Gasteiger partial charge in [-0.3, -0.25) is 0 Å². The van der Waals surface area contributed by atoms with Crippen LogP contribution in [0.1, 0.15) is 17.5 Å². The van der Waals surface area contributed by atoms with Gasteiger partial charge in [-0.2, -0.15) is 0 Å². The molecule has 1 heterocycles. The first kappa shape index (κ1) is 14.0. The van der Waals surface area contributed by atoms with E-state index in [2.05, 4.69) is 0 Å². The van der Waals surface area contributed by atoms with Crippen molar-refractivity contribution in [3.05, 3.63) is 53.3 Å². The maximum Gasteiger partial charge on any atom is 0.131 e. The van der Waals surface area contributed by atoms with Gasteiger partial charge in [0.05, 0.1) is 0 Å². The van der Waals surface area contributed by atoms with Gasteiger partial charge in [-0.25, -0.2) is 4.39 Å². The Kier molecular flexibility index (Phi) is 3.90. The van der Waals surface area contributed by atoms with Crippen LogP contribution in [-0.4, -0.2) is 12.6 Å². The number of rotatable bonds is 4. The van der Waals surface area contributed by atoms with Crippen LogP contribution in [-0.2, 0) is 13.0 Å². The normalized spacial score (nSPS) is 16.6. The Morgan fingerprint density at radius 2 is 1.95 bits per heavy atom. The molecule has 3 nitrogen and oxygen atoms in total. The van der Waals surface area contributed by atoms with Crippen molar-refractivity contribution in [1.82, 2.24) is 0 Å². The summed E-state index contributed by atoms with van der Waals surface area (Å²) in [7, 11) is 0. The maximum absolute atomic E-state index is 13.9. The van der Waals surface area contributed by atoms with Gasteiger partial charge in [0.15, 0.2) is 0 Å². The summed E-state index contributed by atoms with van der Waals surface area (Å²) in [4.78, 5) is 0. The van der Waals surface area contributed by atoms with E-state index in [4.69, 9.17) is 16.2 Å². The number of hydrogen-bond acceptors (Lipinski definition) is 3. The van der Waals surface area contributed by atoms with Crippen molar-refractivity contribution in [3.63, 3.8) is 0 Å². The summed E-state index contributed by atoms with van der Waals surface area (Å²) in [5.74, 6) is 0.531. The molecule has 2 aromatic carbocycles. The van der Waals surface area contributed by atoms with E-state index in [1.54, 1.807) is 6.07 Å². The summed E-state index contributed by atoms with van der Waals surface area (Å²) < 4.78 is 19.9. The summed E-state index contributed by atoms with van der Waals surface area (Å²) >= 11 is 0. The van der Waals surface area contributed by atoms with Crippen molar-refractivity contribution < 1.29 is 9.13 Å². The van der Waals surface area contributed by atoms with Crippen LogP contribution in [0.25, 0.3) is 11.1 Å². The zero-order valence-electron chi connectivity index (χ0n) is 11.8. The minimum Gasteiger partial charge on any atom is -0.489 e. The van der Waals surface area contributed by atoms with Crippen molar-refractivity contribution in [3.8, 4) is 16.9 Å². The van der Waals surface area contributed by atoms with E-state index in [0.29, 0.717) is 19.5 Å². The molecule has 2 aromatic rings. The zero-order valence-corrected chi connectivity index (χ0v) is 11.8. The van der Waals surface area contributed by atoms with Crippen LogP contribution in [0.5, 0.6) is 5.75 Å². The summed E-state index contributed by atoms with van der Waals surface area (Å²) in [6.07, 6.45) is 1.52. The molecule has 0 saturated carbocycles. The second kappa shape index (κ2) is 5.84. The molecule has 21 heavy (non-hydrogen) atoms. The fourth-order valence-electron chi connectivity index (χ4n) is 2.90. The monoisotopic (exact) mass is 286 g/mol. The summed E-state index contributed by atoms with van der Waals surface area (Å²) in [6, 6.07) is 10.9. The molecule has 0 fully saturated rings. The van der Waals surface area contributed by atoms with Crippen molar-refractivity contribution >= 4 is 0 Å². The molecule has 0 aliphatic carbocycles. The van der Waals surface area contributed by atoms with Crippen molar-refractivity contribution in [2.45, 2.75) is 25.5 Å². The fraction of sp³-hybridized carbons (Fsp3) is 0.294. The molecule has 3 rings (SSSR count). The molecule has 0 aromatic heterocycles. The molecule has 1 atom stereocenters. The zero-order chi connectivity index (χ0) is 14.8. The average molecular weight is 286 g/mol. The smallest absolute Gasteiger partial charge is 0.131 e. The standard InChI is InChI=1S/C17H19FN2O/c18-13-7-12-8-14(5-6-19)21-17(12)16(9-13)15-4-2-1-3-11(15)10-20/h1-4,7,9,14H,5-6,8,10,19-20H2. The lowest BCUT2D eigenvalue weighted by atomic mass is 9.96. The molecule has 0 amide bonds. The summed E-state index contributed by atoms with van der Waals surface area (Å²) in [5.41, 5.74) is 15.0. The molecule has 4 N–H and O–H groups in total. The first-order valence-corrected chi connectivity index (χ1v) is 7.20. The molecular formula is C17H19FN2O. The largest absolute Gasteiger partial charge is 0.489 e. The Morgan fingerprint density at radius 3 is 2.71 bits per heavy atom. The number of hydrogen-bond donors (Lipinski definition) is 2. The molecule has 0 radical (unpaired) electrons. The Bertz CT molecular complexity index is 657. The van der Waals surface area contributed by atoms with E-state index >= 15 is 0 Å². The average Bonchev–Trinajstić information content (AvgIpc) is 2.89. The predicted octanol–water partition coefficient (Wildman–Crippen LogP) is 2.60. The number of nitrogens with two attached hydrogens (primary N) is 2. The van der Waals surface area contributed by atoms with Crippen LogP contribution in [0.3, 0.4) is 0 Å². The van der Waals surface area contributed by atoms with Gasteiger partial charge in [-0.1, -0.05) is 24.3 Å². The molecule has 1 unspecified atom stereocenters. The van der Waals surface area contributed by atoms with Crippen LogP contribution in [0.4, 0.5) is 4.39 Å². The van der Waals surface area contributed by atoms with Gasteiger partial charge in [0.2, 0.25) is 0 Å². The Hall–Kier alpha value is -1.91. The number of halogens is 1. The highest BCUT2D eigenvalue weighted by Crippen LogP contribution is 2.41. The van der Waals surface area contributed by atoms with Crippen molar-refractivity contribution in [2.24, 2.45) is 11.5 Å². The van der Waals surface area contributed by atoms with Crippen LogP contribution in [0.2, 0.25) is 0 Å². The van der Waals surface area contributed by atoms with E-state index in [1.165, 1.54) is 6.07 Å².